The standard InChI is InChI=1S/C15H23N3O2/c1-11(10-18-7-3-4-8-18)17-15(19)12-5-6-13(16)14(9-12)20-2/h5-6,9,11H,3-4,7-8,10,16H2,1-2H3,(H,17,19). The van der Waals surface area contributed by atoms with E-state index in [-0.39, 0.29) is 11.9 Å². The minimum absolute atomic E-state index is 0.0880. The maximum Gasteiger partial charge on any atom is 0.251 e. The Bertz CT molecular complexity index is 470. The van der Waals surface area contributed by atoms with E-state index in [2.05, 4.69) is 10.2 Å². The molecule has 1 amide bonds. The molecule has 1 unspecified atom stereocenters. The molecule has 0 spiro atoms. The lowest BCUT2D eigenvalue weighted by Gasteiger charge is -2.21. The zero-order valence-corrected chi connectivity index (χ0v) is 12.2. The van der Waals surface area contributed by atoms with E-state index in [1.54, 1.807) is 25.3 Å². The molecule has 1 aromatic carbocycles. The van der Waals surface area contributed by atoms with Crippen LogP contribution in [0.2, 0.25) is 0 Å². The number of nitrogen functional groups attached to an aromatic ring is 1. The average Bonchev–Trinajstić information content (AvgIpc) is 2.91. The van der Waals surface area contributed by atoms with Crippen molar-refractivity contribution in [1.82, 2.24) is 10.2 Å². The summed E-state index contributed by atoms with van der Waals surface area (Å²) in [6.07, 6.45) is 2.52. The first kappa shape index (κ1) is 14.7. The first-order valence-corrected chi connectivity index (χ1v) is 7.07. The van der Waals surface area contributed by atoms with E-state index >= 15 is 0 Å². The molecule has 0 aliphatic carbocycles. The second-order valence-corrected chi connectivity index (χ2v) is 5.34. The van der Waals surface area contributed by atoms with Crippen LogP contribution in [0.1, 0.15) is 30.1 Å². The van der Waals surface area contributed by atoms with Gasteiger partial charge in [0.05, 0.1) is 12.8 Å². The molecule has 1 aromatic rings. The number of anilines is 1. The van der Waals surface area contributed by atoms with E-state index in [1.165, 1.54) is 12.8 Å². The number of methoxy groups -OCH3 is 1. The third-order valence-corrected chi connectivity index (χ3v) is 3.60. The van der Waals surface area contributed by atoms with Gasteiger partial charge in [-0.3, -0.25) is 4.79 Å². The van der Waals surface area contributed by atoms with Crippen LogP contribution in [-0.2, 0) is 0 Å². The highest BCUT2D eigenvalue weighted by Gasteiger charge is 2.17. The lowest BCUT2D eigenvalue weighted by Crippen LogP contribution is -2.41. The molecule has 1 saturated heterocycles. The first-order chi connectivity index (χ1) is 9.60. The summed E-state index contributed by atoms with van der Waals surface area (Å²) < 4.78 is 5.14. The van der Waals surface area contributed by atoms with Crippen molar-refractivity contribution in [3.63, 3.8) is 0 Å². The third kappa shape index (κ3) is 3.63. The second-order valence-electron chi connectivity index (χ2n) is 5.34. The fourth-order valence-electron chi connectivity index (χ4n) is 2.56. The van der Waals surface area contributed by atoms with E-state index in [0.29, 0.717) is 17.0 Å². The summed E-state index contributed by atoms with van der Waals surface area (Å²) in [4.78, 5) is 14.6. The average molecular weight is 277 g/mol. The number of hydrogen-bond acceptors (Lipinski definition) is 4. The fraction of sp³-hybridized carbons (Fsp3) is 0.533. The molecule has 5 nitrogen and oxygen atoms in total. The van der Waals surface area contributed by atoms with Gasteiger partial charge in [0, 0.05) is 18.2 Å². The number of nitrogens with zero attached hydrogens (tertiary/aromatic N) is 1. The number of nitrogens with one attached hydrogen (secondary N) is 1. The van der Waals surface area contributed by atoms with Crippen molar-refractivity contribution < 1.29 is 9.53 Å². The molecule has 0 bridgehead atoms. The summed E-state index contributed by atoms with van der Waals surface area (Å²) in [5, 5.41) is 3.02. The summed E-state index contributed by atoms with van der Waals surface area (Å²) in [5.41, 5.74) is 6.86. The van der Waals surface area contributed by atoms with Gasteiger partial charge < -0.3 is 20.7 Å². The minimum Gasteiger partial charge on any atom is -0.495 e. The second kappa shape index (κ2) is 6.61. The van der Waals surface area contributed by atoms with Crippen LogP contribution in [0.4, 0.5) is 5.69 Å². The molecule has 1 aliphatic rings. The SMILES string of the molecule is COc1cc(C(=O)NC(C)CN2CCCC2)ccc1N. The van der Waals surface area contributed by atoms with Crippen molar-refractivity contribution in [2.45, 2.75) is 25.8 Å². The number of carbonyl (C=O) groups excluding carboxylic acids is 1. The summed E-state index contributed by atoms with van der Waals surface area (Å²) in [6.45, 7) is 5.20. The Hall–Kier alpha value is -1.75. The predicted octanol–water partition coefficient (Wildman–Crippen LogP) is 1.49. The van der Waals surface area contributed by atoms with Gasteiger partial charge in [0.15, 0.2) is 0 Å². The predicted molar refractivity (Wildman–Crippen MR) is 80.0 cm³/mol. The van der Waals surface area contributed by atoms with Crippen molar-refractivity contribution in [1.29, 1.82) is 0 Å². The van der Waals surface area contributed by atoms with Gasteiger partial charge in [0.25, 0.3) is 5.91 Å². The number of rotatable bonds is 5. The lowest BCUT2D eigenvalue weighted by atomic mass is 10.1. The molecule has 5 heteroatoms. The van der Waals surface area contributed by atoms with E-state index in [1.807, 2.05) is 6.92 Å². The normalized spacial score (nSPS) is 16.9. The molecule has 1 fully saturated rings. The third-order valence-electron chi connectivity index (χ3n) is 3.60. The molecule has 110 valence electrons. The molecular weight excluding hydrogens is 254 g/mol. The van der Waals surface area contributed by atoms with Crippen molar-refractivity contribution in [2.24, 2.45) is 0 Å². The number of benzene rings is 1. The molecule has 3 N–H and O–H groups in total. The Morgan fingerprint density at radius 1 is 1.45 bits per heavy atom. The largest absolute Gasteiger partial charge is 0.495 e. The quantitative estimate of drug-likeness (QED) is 0.800. The fourth-order valence-corrected chi connectivity index (χ4v) is 2.56. The molecule has 1 aliphatic heterocycles. The Labute approximate surface area is 120 Å². The Balaban J connectivity index is 1.93. The topological polar surface area (TPSA) is 67.6 Å². The van der Waals surface area contributed by atoms with Crippen LogP contribution in [0.25, 0.3) is 0 Å². The van der Waals surface area contributed by atoms with E-state index in [9.17, 15) is 4.79 Å². The number of hydrogen-bond donors (Lipinski definition) is 2. The molecule has 1 heterocycles. The van der Waals surface area contributed by atoms with Gasteiger partial charge in [-0.25, -0.2) is 0 Å². The Kier molecular flexibility index (Phi) is 4.84. The van der Waals surface area contributed by atoms with Crippen molar-refractivity contribution in [3.05, 3.63) is 23.8 Å². The highest BCUT2D eigenvalue weighted by Crippen LogP contribution is 2.22. The van der Waals surface area contributed by atoms with Crippen molar-refractivity contribution in [2.75, 3.05) is 32.5 Å². The van der Waals surface area contributed by atoms with Crippen LogP contribution < -0.4 is 15.8 Å². The number of likely N-dealkylation sites (tertiary alicyclic amines) is 1. The van der Waals surface area contributed by atoms with Crippen LogP contribution in [-0.4, -0.2) is 43.6 Å². The van der Waals surface area contributed by atoms with Gasteiger partial charge in [-0.2, -0.15) is 0 Å². The molecular formula is C15H23N3O2. The zero-order valence-electron chi connectivity index (χ0n) is 12.2. The van der Waals surface area contributed by atoms with Gasteiger partial charge in [-0.15, -0.1) is 0 Å². The summed E-state index contributed by atoms with van der Waals surface area (Å²) in [6, 6.07) is 5.21. The minimum atomic E-state index is -0.0880. The van der Waals surface area contributed by atoms with Gasteiger partial charge >= 0.3 is 0 Å². The Morgan fingerprint density at radius 2 is 2.15 bits per heavy atom. The van der Waals surface area contributed by atoms with Gasteiger partial charge in [-0.05, 0) is 51.1 Å². The molecule has 1 atom stereocenters. The van der Waals surface area contributed by atoms with Crippen molar-refractivity contribution >= 4 is 11.6 Å². The van der Waals surface area contributed by atoms with Crippen molar-refractivity contribution in [3.8, 4) is 5.75 Å². The Morgan fingerprint density at radius 3 is 2.80 bits per heavy atom. The van der Waals surface area contributed by atoms with Gasteiger partial charge in [-0.1, -0.05) is 0 Å². The molecule has 0 radical (unpaired) electrons. The van der Waals surface area contributed by atoms with Gasteiger partial charge in [0.2, 0.25) is 0 Å². The lowest BCUT2D eigenvalue weighted by molar-refractivity contribution is 0.0931. The number of carbonyl (C=O) groups is 1. The number of nitrogens with two attached hydrogens (primary N) is 1. The maximum atomic E-state index is 12.2. The smallest absolute Gasteiger partial charge is 0.251 e. The van der Waals surface area contributed by atoms with Gasteiger partial charge in [0.1, 0.15) is 5.75 Å². The summed E-state index contributed by atoms with van der Waals surface area (Å²) in [5.74, 6) is 0.444. The highest BCUT2D eigenvalue weighted by molar-refractivity contribution is 5.95. The monoisotopic (exact) mass is 277 g/mol. The van der Waals surface area contributed by atoms with E-state index in [0.717, 1.165) is 19.6 Å². The molecule has 2 rings (SSSR count). The van der Waals surface area contributed by atoms with Crippen LogP contribution in [0.15, 0.2) is 18.2 Å². The van der Waals surface area contributed by atoms with Crippen LogP contribution in [0.5, 0.6) is 5.75 Å². The van der Waals surface area contributed by atoms with Crippen LogP contribution in [0.3, 0.4) is 0 Å². The molecule has 0 saturated carbocycles. The first-order valence-electron chi connectivity index (χ1n) is 7.07. The maximum absolute atomic E-state index is 12.2. The summed E-state index contributed by atoms with van der Waals surface area (Å²) >= 11 is 0. The number of amides is 1. The number of ether oxygens (including phenoxy) is 1. The zero-order chi connectivity index (χ0) is 14.5. The molecule has 20 heavy (non-hydrogen) atoms. The summed E-state index contributed by atoms with van der Waals surface area (Å²) in [7, 11) is 1.55. The molecule has 0 aromatic heterocycles. The van der Waals surface area contributed by atoms with Crippen LogP contribution in [0, 0.1) is 0 Å². The van der Waals surface area contributed by atoms with Crippen LogP contribution >= 0.6 is 0 Å². The highest BCUT2D eigenvalue weighted by atomic mass is 16.5. The van der Waals surface area contributed by atoms with E-state index in [4.69, 9.17) is 10.5 Å². The van der Waals surface area contributed by atoms with E-state index < -0.39 is 0 Å².